The zero-order valence-corrected chi connectivity index (χ0v) is 10.7. The first-order valence-electron chi connectivity index (χ1n) is 5.25. The molecule has 84 valence electrons. The first-order chi connectivity index (χ1) is 7.01. The lowest BCUT2D eigenvalue weighted by molar-refractivity contribution is 0.385. The molecule has 0 aromatic carbocycles. The van der Waals surface area contributed by atoms with Gasteiger partial charge in [-0.15, -0.1) is 11.8 Å². The summed E-state index contributed by atoms with van der Waals surface area (Å²) in [5.41, 5.74) is 1.28. The normalized spacial score (nSPS) is 12.5. The lowest BCUT2D eigenvalue weighted by atomic mass is 10.0. The summed E-state index contributed by atoms with van der Waals surface area (Å²) < 4.78 is 5.10. The van der Waals surface area contributed by atoms with Crippen LogP contribution >= 0.6 is 11.8 Å². The van der Waals surface area contributed by atoms with E-state index in [1.165, 1.54) is 0 Å². The van der Waals surface area contributed by atoms with E-state index in [1.807, 2.05) is 23.9 Å². The van der Waals surface area contributed by atoms with Crippen molar-refractivity contribution in [2.75, 3.05) is 5.75 Å². The molecule has 1 rings (SSSR count). The Bertz CT molecular complexity index is 323. The smallest absolute Gasteiger partial charge is 0.137 e. The topological polar surface area (TPSA) is 26.0 Å². The van der Waals surface area contributed by atoms with Crippen LogP contribution in [0.15, 0.2) is 16.0 Å². The first-order valence-corrected chi connectivity index (χ1v) is 6.30. The number of nitrogens with zero attached hydrogens (tertiary/aromatic N) is 1. The van der Waals surface area contributed by atoms with Crippen LogP contribution in [0.25, 0.3) is 6.08 Å². The fourth-order valence-electron chi connectivity index (χ4n) is 0.990. The number of aryl methyl sites for hydroxylation is 1. The second-order valence-corrected chi connectivity index (χ2v) is 5.64. The summed E-state index contributed by atoms with van der Waals surface area (Å²) in [5, 5.41) is 6.03. The Labute approximate surface area is 96.1 Å². The van der Waals surface area contributed by atoms with Gasteiger partial charge in [-0.1, -0.05) is 32.9 Å². The standard InChI is InChI=1S/C12H19NOS/c1-5-11-8-10(13-14-11)6-7-15-9-12(2,3)4/h6-8H,5,9H2,1-4H3. The number of hydrogen-bond acceptors (Lipinski definition) is 3. The maximum Gasteiger partial charge on any atom is 0.137 e. The lowest BCUT2D eigenvalue weighted by Crippen LogP contribution is -2.07. The Balaban J connectivity index is 2.38. The van der Waals surface area contributed by atoms with E-state index in [9.17, 15) is 0 Å². The van der Waals surface area contributed by atoms with Crippen molar-refractivity contribution < 1.29 is 4.52 Å². The van der Waals surface area contributed by atoms with Crippen molar-refractivity contribution in [3.63, 3.8) is 0 Å². The van der Waals surface area contributed by atoms with Crippen LogP contribution in [0.4, 0.5) is 0 Å². The van der Waals surface area contributed by atoms with E-state index < -0.39 is 0 Å². The molecule has 0 saturated heterocycles. The molecule has 1 aromatic heterocycles. The Morgan fingerprint density at radius 1 is 1.47 bits per heavy atom. The van der Waals surface area contributed by atoms with Crippen LogP contribution in [-0.4, -0.2) is 10.9 Å². The van der Waals surface area contributed by atoms with Gasteiger partial charge in [-0.25, -0.2) is 0 Å². The molecule has 0 atom stereocenters. The molecule has 0 fully saturated rings. The van der Waals surface area contributed by atoms with Crippen molar-refractivity contribution in [3.05, 3.63) is 22.9 Å². The van der Waals surface area contributed by atoms with Gasteiger partial charge in [0.25, 0.3) is 0 Å². The third-order valence-corrected chi connectivity index (χ3v) is 3.14. The molecule has 15 heavy (non-hydrogen) atoms. The average Bonchev–Trinajstić information content (AvgIpc) is 2.59. The summed E-state index contributed by atoms with van der Waals surface area (Å²) >= 11 is 1.81. The minimum Gasteiger partial charge on any atom is -0.361 e. The van der Waals surface area contributed by atoms with Gasteiger partial charge < -0.3 is 4.52 Å². The molecule has 0 spiro atoms. The third-order valence-electron chi connectivity index (χ3n) is 1.78. The average molecular weight is 225 g/mol. The van der Waals surface area contributed by atoms with E-state index >= 15 is 0 Å². The molecule has 1 aromatic rings. The summed E-state index contributed by atoms with van der Waals surface area (Å²) in [6.45, 7) is 8.76. The van der Waals surface area contributed by atoms with Crippen LogP contribution in [0, 0.1) is 5.41 Å². The lowest BCUT2D eigenvalue weighted by Gasteiger charge is -2.15. The summed E-state index contributed by atoms with van der Waals surface area (Å²) in [7, 11) is 0. The van der Waals surface area contributed by atoms with E-state index in [4.69, 9.17) is 4.52 Å². The van der Waals surface area contributed by atoms with Crippen molar-refractivity contribution in [3.8, 4) is 0 Å². The maximum atomic E-state index is 5.10. The molecule has 0 N–H and O–H groups in total. The van der Waals surface area contributed by atoms with E-state index in [1.54, 1.807) is 0 Å². The number of thioether (sulfide) groups is 1. The molecule has 0 aliphatic rings. The van der Waals surface area contributed by atoms with Crippen molar-refractivity contribution in [1.82, 2.24) is 5.16 Å². The Hall–Kier alpha value is -0.700. The van der Waals surface area contributed by atoms with E-state index in [2.05, 4.69) is 38.3 Å². The van der Waals surface area contributed by atoms with E-state index in [-0.39, 0.29) is 0 Å². The molecule has 2 nitrogen and oxygen atoms in total. The summed E-state index contributed by atoms with van der Waals surface area (Å²) in [6, 6.07) is 1.98. The van der Waals surface area contributed by atoms with Gasteiger partial charge >= 0.3 is 0 Å². The molecule has 0 unspecified atom stereocenters. The van der Waals surface area contributed by atoms with Gasteiger partial charge in [0, 0.05) is 18.2 Å². The number of hydrogen-bond donors (Lipinski definition) is 0. The van der Waals surface area contributed by atoms with Crippen molar-refractivity contribution >= 4 is 17.8 Å². The van der Waals surface area contributed by atoms with Crippen LogP contribution in [-0.2, 0) is 6.42 Å². The zero-order chi connectivity index (χ0) is 11.3. The molecule has 0 amide bonds. The summed E-state index contributed by atoms with van der Waals surface area (Å²) in [5.74, 6) is 2.05. The van der Waals surface area contributed by atoms with Gasteiger partial charge in [0.05, 0.1) is 0 Å². The van der Waals surface area contributed by atoms with Gasteiger partial charge in [-0.05, 0) is 16.9 Å². The van der Waals surface area contributed by atoms with Crippen LogP contribution in [0.2, 0.25) is 0 Å². The fraction of sp³-hybridized carbons (Fsp3) is 0.583. The van der Waals surface area contributed by atoms with Crippen molar-refractivity contribution in [2.24, 2.45) is 5.41 Å². The molecular weight excluding hydrogens is 206 g/mol. The minimum absolute atomic E-state index is 0.368. The summed E-state index contributed by atoms with van der Waals surface area (Å²) in [4.78, 5) is 0. The van der Waals surface area contributed by atoms with Gasteiger partial charge in [-0.3, -0.25) is 0 Å². The van der Waals surface area contributed by atoms with E-state index in [0.717, 1.165) is 23.6 Å². The highest BCUT2D eigenvalue weighted by molar-refractivity contribution is 8.02. The minimum atomic E-state index is 0.368. The zero-order valence-electron chi connectivity index (χ0n) is 9.91. The molecule has 0 radical (unpaired) electrons. The molecule has 3 heteroatoms. The van der Waals surface area contributed by atoms with Crippen LogP contribution in [0.5, 0.6) is 0 Å². The van der Waals surface area contributed by atoms with Gasteiger partial charge in [0.2, 0.25) is 0 Å². The number of aromatic nitrogens is 1. The maximum absolute atomic E-state index is 5.10. The highest BCUT2D eigenvalue weighted by Gasteiger charge is 2.08. The summed E-state index contributed by atoms with van der Waals surface area (Å²) in [6.07, 6.45) is 2.90. The predicted octanol–water partition coefficient (Wildman–Crippen LogP) is 3.99. The first kappa shape index (κ1) is 12.4. The Kier molecular flexibility index (Phi) is 4.45. The monoisotopic (exact) mass is 225 g/mol. The van der Waals surface area contributed by atoms with Gasteiger partial charge in [0.15, 0.2) is 0 Å². The quantitative estimate of drug-likeness (QED) is 0.775. The molecule has 0 aliphatic carbocycles. The Morgan fingerprint density at radius 3 is 2.73 bits per heavy atom. The molecule has 0 saturated carbocycles. The highest BCUT2D eigenvalue weighted by atomic mass is 32.2. The second kappa shape index (κ2) is 5.40. The molecule has 1 heterocycles. The highest BCUT2D eigenvalue weighted by Crippen LogP contribution is 2.21. The fourth-order valence-corrected chi connectivity index (χ4v) is 1.82. The third kappa shape index (κ3) is 5.07. The van der Waals surface area contributed by atoms with Crippen molar-refractivity contribution in [1.29, 1.82) is 0 Å². The van der Waals surface area contributed by atoms with E-state index in [0.29, 0.717) is 5.41 Å². The Morgan fingerprint density at radius 2 is 2.20 bits per heavy atom. The van der Waals surface area contributed by atoms with Gasteiger partial charge in [-0.2, -0.15) is 0 Å². The van der Waals surface area contributed by atoms with Crippen LogP contribution in [0.3, 0.4) is 0 Å². The molecule has 0 aliphatic heterocycles. The van der Waals surface area contributed by atoms with Crippen molar-refractivity contribution in [2.45, 2.75) is 34.1 Å². The van der Waals surface area contributed by atoms with Crippen LogP contribution in [0.1, 0.15) is 39.1 Å². The molecular formula is C12H19NOS. The SMILES string of the molecule is CCc1cc(C=CSCC(C)(C)C)no1. The molecule has 0 bridgehead atoms. The number of rotatable bonds is 4. The van der Waals surface area contributed by atoms with Crippen LogP contribution < -0.4 is 0 Å². The predicted molar refractivity (Wildman–Crippen MR) is 66.8 cm³/mol. The second-order valence-electron chi connectivity index (χ2n) is 4.75. The largest absolute Gasteiger partial charge is 0.361 e. The van der Waals surface area contributed by atoms with Gasteiger partial charge in [0.1, 0.15) is 11.5 Å².